The standard InChI is InChI=1S/C28H34Cl2N2O3/c1-3-5-15-31(16-6-4-2)17-10-18-32-25(22-14-13-21(29)19-23(22)30)24(27(34)28(32)35)26(33)20-11-8-7-9-12-20/h7-9,11-14,19,25,33H,3-6,10,15-18H2,1-2H3. The van der Waals surface area contributed by atoms with Crippen LogP contribution in [-0.2, 0) is 9.59 Å². The Bertz CT molecular complexity index is 1050. The Kier molecular flexibility index (Phi) is 10.2. The summed E-state index contributed by atoms with van der Waals surface area (Å²) in [4.78, 5) is 30.3. The average Bonchev–Trinajstić information content (AvgIpc) is 3.10. The molecule has 1 saturated heterocycles. The third kappa shape index (κ3) is 6.66. The molecular weight excluding hydrogens is 483 g/mol. The van der Waals surface area contributed by atoms with Gasteiger partial charge < -0.3 is 14.9 Å². The molecule has 2 aromatic rings. The average molecular weight is 517 g/mol. The van der Waals surface area contributed by atoms with Gasteiger partial charge in [-0.3, -0.25) is 9.59 Å². The minimum absolute atomic E-state index is 0.0549. The van der Waals surface area contributed by atoms with Crippen LogP contribution in [0.2, 0.25) is 10.0 Å². The third-order valence-electron chi connectivity index (χ3n) is 6.37. The first kappa shape index (κ1) is 27.3. The summed E-state index contributed by atoms with van der Waals surface area (Å²) in [6.45, 7) is 7.63. The van der Waals surface area contributed by atoms with Crippen molar-refractivity contribution in [3.63, 3.8) is 0 Å². The molecule has 1 amide bonds. The number of unbranched alkanes of at least 4 members (excludes halogenated alkanes) is 2. The highest BCUT2D eigenvalue weighted by Crippen LogP contribution is 2.42. The largest absolute Gasteiger partial charge is 0.507 e. The third-order valence-corrected chi connectivity index (χ3v) is 6.94. The topological polar surface area (TPSA) is 60.9 Å². The molecule has 0 bridgehead atoms. The summed E-state index contributed by atoms with van der Waals surface area (Å²) < 4.78 is 0. The van der Waals surface area contributed by atoms with E-state index >= 15 is 0 Å². The van der Waals surface area contributed by atoms with Crippen molar-refractivity contribution in [2.24, 2.45) is 0 Å². The van der Waals surface area contributed by atoms with Gasteiger partial charge in [0.05, 0.1) is 11.6 Å². The Morgan fingerprint density at radius 1 is 0.943 bits per heavy atom. The van der Waals surface area contributed by atoms with Crippen LogP contribution in [0.5, 0.6) is 0 Å². The molecule has 0 aliphatic carbocycles. The normalized spacial score (nSPS) is 17.5. The first-order valence-corrected chi connectivity index (χ1v) is 13.2. The maximum atomic E-state index is 13.2. The minimum Gasteiger partial charge on any atom is -0.507 e. The van der Waals surface area contributed by atoms with E-state index in [4.69, 9.17) is 23.2 Å². The number of hydrogen-bond acceptors (Lipinski definition) is 4. The van der Waals surface area contributed by atoms with Crippen LogP contribution < -0.4 is 0 Å². The second-order valence-corrected chi connectivity index (χ2v) is 9.77. The Labute approximate surface area is 218 Å². The maximum Gasteiger partial charge on any atom is 0.295 e. The Hall–Kier alpha value is -2.34. The van der Waals surface area contributed by atoms with E-state index in [-0.39, 0.29) is 11.3 Å². The summed E-state index contributed by atoms with van der Waals surface area (Å²) in [7, 11) is 0. The summed E-state index contributed by atoms with van der Waals surface area (Å²) in [6, 6.07) is 13.0. The van der Waals surface area contributed by atoms with Crippen LogP contribution in [0.3, 0.4) is 0 Å². The molecule has 0 radical (unpaired) electrons. The molecule has 0 saturated carbocycles. The van der Waals surface area contributed by atoms with Crippen molar-refractivity contribution in [1.82, 2.24) is 9.80 Å². The first-order valence-electron chi connectivity index (χ1n) is 12.4. The monoisotopic (exact) mass is 516 g/mol. The number of amides is 1. The second-order valence-electron chi connectivity index (χ2n) is 8.93. The SMILES string of the molecule is CCCCN(CCCC)CCCN1C(=O)C(=O)C(=C(O)c2ccccc2)C1c1ccc(Cl)cc1Cl. The maximum absolute atomic E-state index is 13.2. The molecular formula is C28H34Cl2N2O3. The lowest BCUT2D eigenvalue weighted by molar-refractivity contribution is -0.140. The van der Waals surface area contributed by atoms with Crippen molar-refractivity contribution in [2.45, 2.75) is 52.0 Å². The number of Topliss-reactive ketones (excluding diaryl/α,β-unsaturated/α-hetero) is 1. The van der Waals surface area contributed by atoms with Crippen LogP contribution in [0.15, 0.2) is 54.1 Å². The molecule has 1 atom stereocenters. The number of nitrogens with zero attached hydrogens (tertiary/aromatic N) is 2. The van der Waals surface area contributed by atoms with E-state index in [9.17, 15) is 14.7 Å². The number of aliphatic hydroxyl groups is 1. The van der Waals surface area contributed by atoms with Gasteiger partial charge in [-0.05, 0) is 56.6 Å². The van der Waals surface area contributed by atoms with Gasteiger partial charge in [-0.2, -0.15) is 0 Å². The molecule has 5 nitrogen and oxygen atoms in total. The second kappa shape index (κ2) is 13.1. The number of likely N-dealkylation sites (tertiary alicyclic amines) is 1. The fraction of sp³-hybridized carbons (Fsp3) is 0.429. The minimum atomic E-state index is -0.778. The zero-order valence-electron chi connectivity index (χ0n) is 20.5. The number of rotatable bonds is 12. The zero-order valence-corrected chi connectivity index (χ0v) is 22.0. The van der Waals surface area contributed by atoms with Crippen molar-refractivity contribution in [3.05, 3.63) is 75.3 Å². The first-order chi connectivity index (χ1) is 16.9. The van der Waals surface area contributed by atoms with Crippen molar-refractivity contribution in [1.29, 1.82) is 0 Å². The molecule has 1 aliphatic rings. The Balaban J connectivity index is 1.93. The van der Waals surface area contributed by atoms with E-state index in [0.29, 0.717) is 34.1 Å². The molecule has 7 heteroatoms. The zero-order chi connectivity index (χ0) is 25.4. The number of hydrogen-bond donors (Lipinski definition) is 1. The fourth-order valence-corrected chi connectivity index (χ4v) is 4.98. The quantitative estimate of drug-likeness (QED) is 0.193. The van der Waals surface area contributed by atoms with Crippen LogP contribution in [-0.4, -0.2) is 52.8 Å². The van der Waals surface area contributed by atoms with Crippen LogP contribution >= 0.6 is 23.2 Å². The van der Waals surface area contributed by atoms with Crippen LogP contribution in [0.1, 0.15) is 63.1 Å². The summed E-state index contributed by atoms with van der Waals surface area (Å²) in [6.07, 6.45) is 5.24. The molecule has 1 heterocycles. The van der Waals surface area contributed by atoms with Gasteiger partial charge in [0, 0.05) is 22.2 Å². The molecule has 35 heavy (non-hydrogen) atoms. The predicted octanol–water partition coefficient (Wildman–Crippen LogP) is 6.71. The van der Waals surface area contributed by atoms with Gasteiger partial charge in [0.15, 0.2) is 0 Å². The van der Waals surface area contributed by atoms with Gasteiger partial charge in [0.25, 0.3) is 11.7 Å². The van der Waals surface area contributed by atoms with Crippen molar-refractivity contribution in [2.75, 3.05) is 26.2 Å². The van der Waals surface area contributed by atoms with Crippen LogP contribution in [0.25, 0.3) is 5.76 Å². The van der Waals surface area contributed by atoms with Gasteiger partial charge >= 0.3 is 0 Å². The van der Waals surface area contributed by atoms with Gasteiger partial charge in [0.2, 0.25) is 0 Å². The van der Waals surface area contributed by atoms with Crippen LogP contribution in [0.4, 0.5) is 0 Å². The van der Waals surface area contributed by atoms with E-state index < -0.39 is 17.7 Å². The molecule has 2 aromatic carbocycles. The lowest BCUT2D eigenvalue weighted by Gasteiger charge is -2.28. The summed E-state index contributed by atoms with van der Waals surface area (Å²) in [5.74, 6) is -1.52. The smallest absolute Gasteiger partial charge is 0.295 e. The number of benzene rings is 2. The highest BCUT2D eigenvalue weighted by atomic mass is 35.5. The van der Waals surface area contributed by atoms with E-state index in [2.05, 4.69) is 18.7 Å². The van der Waals surface area contributed by atoms with Crippen molar-refractivity contribution < 1.29 is 14.7 Å². The number of halogens is 2. The van der Waals surface area contributed by atoms with E-state index in [1.807, 2.05) is 6.07 Å². The summed E-state index contributed by atoms with van der Waals surface area (Å²) >= 11 is 12.7. The Morgan fingerprint density at radius 3 is 2.17 bits per heavy atom. The van der Waals surface area contributed by atoms with Crippen LogP contribution in [0, 0.1) is 0 Å². The highest BCUT2D eigenvalue weighted by Gasteiger charge is 2.46. The van der Waals surface area contributed by atoms with Gasteiger partial charge in [-0.15, -0.1) is 0 Å². The summed E-state index contributed by atoms with van der Waals surface area (Å²) in [5.41, 5.74) is 1.10. The van der Waals surface area contributed by atoms with Crippen molar-refractivity contribution in [3.8, 4) is 0 Å². The van der Waals surface area contributed by atoms with Gasteiger partial charge in [-0.25, -0.2) is 0 Å². The molecule has 1 N–H and O–H groups in total. The summed E-state index contributed by atoms with van der Waals surface area (Å²) in [5, 5.41) is 11.9. The number of aliphatic hydroxyl groups excluding tert-OH is 1. The molecule has 188 valence electrons. The predicted molar refractivity (Wildman–Crippen MR) is 143 cm³/mol. The molecule has 1 aliphatic heterocycles. The lowest BCUT2D eigenvalue weighted by Crippen LogP contribution is -2.34. The number of carbonyl (C=O) groups is 2. The number of carbonyl (C=O) groups excluding carboxylic acids is 2. The molecule has 0 aromatic heterocycles. The van der Waals surface area contributed by atoms with E-state index in [1.165, 1.54) is 0 Å². The van der Waals surface area contributed by atoms with Gasteiger partial charge in [-0.1, -0.05) is 86.3 Å². The van der Waals surface area contributed by atoms with Gasteiger partial charge in [0.1, 0.15) is 5.76 Å². The van der Waals surface area contributed by atoms with E-state index in [0.717, 1.165) is 45.3 Å². The van der Waals surface area contributed by atoms with E-state index in [1.54, 1.807) is 47.4 Å². The Morgan fingerprint density at radius 2 is 1.57 bits per heavy atom. The molecule has 0 spiro atoms. The van der Waals surface area contributed by atoms with Crippen molar-refractivity contribution >= 4 is 40.7 Å². The fourth-order valence-electron chi connectivity index (χ4n) is 4.47. The highest BCUT2D eigenvalue weighted by molar-refractivity contribution is 6.47. The molecule has 3 rings (SSSR count). The molecule has 1 fully saturated rings. The molecule has 1 unspecified atom stereocenters. The number of ketones is 1. The lowest BCUT2D eigenvalue weighted by atomic mass is 9.95.